The molecule has 0 aromatic heterocycles. The van der Waals surface area contributed by atoms with Gasteiger partial charge in [-0.3, -0.25) is 9.59 Å². The Morgan fingerprint density at radius 1 is 1.00 bits per heavy atom. The summed E-state index contributed by atoms with van der Waals surface area (Å²) in [6, 6.07) is 25.0. The van der Waals surface area contributed by atoms with E-state index in [4.69, 9.17) is 9.47 Å². The van der Waals surface area contributed by atoms with Gasteiger partial charge in [0.15, 0.2) is 12.7 Å². The van der Waals surface area contributed by atoms with E-state index in [0.717, 1.165) is 5.56 Å². The highest BCUT2D eigenvalue weighted by Gasteiger charge is 2.33. The smallest absolute Gasteiger partial charge is 0.265 e. The monoisotopic (exact) mass is 416 g/mol. The largest absolute Gasteiger partial charge is 0.483 e. The zero-order valence-corrected chi connectivity index (χ0v) is 17.3. The lowest BCUT2D eigenvalue weighted by Gasteiger charge is -2.34. The molecular weight excluding hydrogens is 392 g/mol. The summed E-state index contributed by atoms with van der Waals surface area (Å²) in [5, 5.41) is 2.58. The first-order chi connectivity index (χ1) is 15.2. The molecule has 0 saturated heterocycles. The van der Waals surface area contributed by atoms with Gasteiger partial charge < -0.3 is 19.7 Å². The Labute approximate surface area is 181 Å². The highest BCUT2D eigenvalue weighted by atomic mass is 16.5. The van der Waals surface area contributed by atoms with Gasteiger partial charge in [0.2, 0.25) is 0 Å². The van der Waals surface area contributed by atoms with Crippen LogP contribution in [0.4, 0.5) is 5.69 Å². The molecule has 1 unspecified atom stereocenters. The van der Waals surface area contributed by atoms with Crippen LogP contribution in [0, 0.1) is 0 Å². The maximum atomic E-state index is 13.1. The van der Waals surface area contributed by atoms with Gasteiger partial charge in [-0.25, -0.2) is 0 Å². The van der Waals surface area contributed by atoms with Crippen LogP contribution in [-0.2, 0) is 16.0 Å². The molecule has 1 aliphatic rings. The molecule has 0 aliphatic carbocycles. The fraction of sp³-hybridized carbons (Fsp3) is 0.200. The standard InChI is InChI=1S/C25H24N2O4/c1-26-25(29)23-16-27(20-12-6-8-14-22(20)31-23)24(28)17-30-21-13-7-5-11-19(21)15-18-9-3-2-4-10-18/h2-14,23H,15-17H2,1H3,(H,26,29). The Bertz CT molecular complexity index is 1070. The molecule has 158 valence electrons. The SMILES string of the molecule is CNC(=O)C1CN(C(=O)COc2ccccc2Cc2ccccc2)c2ccccc2O1. The quantitative estimate of drug-likeness (QED) is 0.670. The average molecular weight is 416 g/mol. The number of fused-ring (bicyclic) bond motifs is 1. The molecule has 1 N–H and O–H groups in total. The Balaban J connectivity index is 1.49. The number of rotatable bonds is 6. The molecule has 1 aliphatic heterocycles. The van der Waals surface area contributed by atoms with E-state index in [-0.39, 0.29) is 25.0 Å². The van der Waals surface area contributed by atoms with Crippen molar-refractivity contribution >= 4 is 17.5 Å². The third kappa shape index (κ3) is 4.69. The molecule has 4 rings (SSSR count). The van der Waals surface area contributed by atoms with Crippen LogP contribution in [0.25, 0.3) is 0 Å². The van der Waals surface area contributed by atoms with Crippen molar-refractivity contribution in [2.24, 2.45) is 0 Å². The summed E-state index contributed by atoms with van der Waals surface area (Å²) in [5.74, 6) is 0.657. The number of nitrogens with zero attached hydrogens (tertiary/aromatic N) is 1. The third-order valence-electron chi connectivity index (χ3n) is 5.17. The molecule has 1 atom stereocenters. The molecular formula is C25H24N2O4. The molecule has 6 heteroatoms. The number of amides is 2. The minimum absolute atomic E-state index is 0.130. The number of likely N-dealkylation sites (N-methyl/N-ethyl adjacent to an activating group) is 1. The van der Waals surface area contributed by atoms with E-state index in [1.165, 1.54) is 5.56 Å². The average Bonchev–Trinajstić information content (AvgIpc) is 2.82. The molecule has 3 aromatic carbocycles. The second-order valence-electron chi connectivity index (χ2n) is 7.25. The van der Waals surface area contributed by atoms with Crippen molar-refractivity contribution in [1.82, 2.24) is 5.32 Å². The molecule has 2 amide bonds. The van der Waals surface area contributed by atoms with Crippen molar-refractivity contribution in [3.8, 4) is 11.5 Å². The molecule has 3 aromatic rings. The van der Waals surface area contributed by atoms with Crippen LogP contribution < -0.4 is 19.7 Å². The van der Waals surface area contributed by atoms with E-state index in [9.17, 15) is 9.59 Å². The molecule has 0 radical (unpaired) electrons. The topological polar surface area (TPSA) is 67.9 Å². The molecule has 0 spiro atoms. The fourth-order valence-electron chi connectivity index (χ4n) is 3.59. The molecule has 0 bridgehead atoms. The lowest BCUT2D eigenvalue weighted by Crippen LogP contribution is -2.51. The van der Waals surface area contributed by atoms with Gasteiger partial charge in [-0.1, -0.05) is 60.7 Å². The lowest BCUT2D eigenvalue weighted by atomic mass is 10.0. The summed E-state index contributed by atoms with van der Waals surface area (Å²) in [7, 11) is 1.55. The van der Waals surface area contributed by atoms with Gasteiger partial charge in [-0.2, -0.15) is 0 Å². The first kappa shape index (κ1) is 20.5. The molecule has 31 heavy (non-hydrogen) atoms. The van der Waals surface area contributed by atoms with Crippen molar-refractivity contribution in [2.45, 2.75) is 12.5 Å². The Morgan fingerprint density at radius 2 is 1.71 bits per heavy atom. The van der Waals surface area contributed by atoms with Crippen LogP contribution >= 0.6 is 0 Å². The number of ether oxygens (including phenoxy) is 2. The number of carbonyl (C=O) groups excluding carboxylic acids is 2. The second-order valence-corrected chi connectivity index (χ2v) is 7.25. The van der Waals surface area contributed by atoms with Gasteiger partial charge >= 0.3 is 0 Å². The predicted octanol–water partition coefficient (Wildman–Crippen LogP) is 3.20. The lowest BCUT2D eigenvalue weighted by molar-refractivity contribution is -0.128. The summed E-state index contributed by atoms with van der Waals surface area (Å²) in [4.78, 5) is 26.8. The second kappa shape index (κ2) is 9.34. The summed E-state index contributed by atoms with van der Waals surface area (Å²) in [6.07, 6.45) is -0.0566. The third-order valence-corrected chi connectivity index (χ3v) is 5.17. The fourth-order valence-corrected chi connectivity index (χ4v) is 3.59. The Kier molecular flexibility index (Phi) is 6.17. The van der Waals surface area contributed by atoms with E-state index in [1.54, 1.807) is 24.1 Å². The normalized spacial score (nSPS) is 14.9. The Hall–Kier alpha value is -3.80. The minimum atomic E-state index is -0.769. The van der Waals surface area contributed by atoms with Crippen molar-refractivity contribution in [3.63, 3.8) is 0 Å². The van der Waals surface area contributed by atoms with Crippen molar-refractivity contribution in [3.05, 3.63) is 90.0 Å². The number of hydrogen-bond acceptors (Lipinski definition) is 4. The van der Waals surface area contributed by atoms with Gasteiger partial charge in [0.1, 0.15) is 11.5 Å². The number of carbonyl (C=O) groups is 2. The summed E-state index contributed by atoms with van der Waals surface area (Å²) >= 11 is 0. The van der Waals surface area contributed by atoms with Gasteiger partial charge in [0.25, 0.3) is 11.8 Å². The summed E-state index contributed by atoms with van der Waals surface area (Å²) in [5.41, 5.74) is 2.81. The van der Waals surface area contributed by atoms with Gasteiger partial charge in [-0.15, -0.1) is 0 Å². The van der Waals surface area contributed by atoms with Crippen molar-refractivity contribution < 1.29 is 19.1 Å². The van der Waals surface area contributed by atoms with Crippen LogP contribution in [0.15, 0.2) is 78.9 Å². The van der Waals surface area contributed by atoms with E-state index < -0.39 is 6.10 Å². The molecule has 0 fully saturated rings. The number of para-hydroxylation sites is 3. The van der Waals surface area contributed by atoms with E-state index in [1.807, 2.05) is 54.6 Å². The Morgan fingerprint density at radius 3 is 2.52 bits per heavy atom. The van der Waals surface area contributed by atoms with Gasteiger partial charge in [-0.05, 0) is 29.3 Å². The van der Waals surface area contributed by atoms with Crippen LogP contribution in [0.3, 0.4) is 0 Å². The van der Waals surface area contributed by atoms with Crippen LogP contribution in [-0.4, -0.2) is 38.1 Å². The zero-order chi connectivity index (χ0) is 21.6. The van der Waals surface area contributed by atoms with Crippen LogP contribution in [0.2, 0.25) is 0 Å². The molecule has 0 saturated carbocycles. The first-order valence-corrected chi connectivity index (χ1v) is 10.2. The van der Waals surface area contributed by atoms with Crippen molar-refractivity contribution in [2.75, 3.05) is 25.1 Å². The maximum absolute atomic E-state index is 13.1. The number of benzene rings is 3. The van der Waals surface area contributed by atoms with E-state index >= 15 is 0 Å². The first-order valence-electron chi connectivity index (χ1n) is 10.2. The molecule has 6 nitrogen and oxygen atoms in total. The molecule has 1 heterocycles. The predicted molar refractivity (Wildman–Crippen MR) is 118 cm³/mol. The maximum Gasteiger partial charge on any atom is 0.265 e. The minimum Gasteiger partial charge on any atom is -0.483 e. The number of nitrogens with one attached hydrogen (secondary N) is 1. The van der Waals surface area contributed by atoms with Crippen LogP contribution in [0.5, 0.6) is 11.5 Å². The highest BCUT2D eigenvalue weighted by Crippen LogP contribution is 2.33. The van der Waals surface area contributed by atoms with Gasteiger partial charge in [0.05, 0.1) is 12.2 Å². The summed E-state index contributed by atoms with van der Waals surface area (Å²) < 4.78 is 11.7. The summed E-state index contributed by atoms with van der Waals surface area (Å²) in [6.45, 7) is -0.00879. The number of anilines is 1. The van der Waals surface area contributed by atoms with Crippen molar-refractivity contribution in [1.29, 1.82) is 0 Å². The van der Waals surface area contributed by atoms with E-state index in [0.29, 0.717) is 23.6 Å². The highest BCUT2D eigenvalue weighted by molar-refractivity contribution is 5.98. The van der Waals surface area contributed by atoms with E-state index in [2.05, 4.69) is 17.4 Å². The van der Waals surface area contributed by atoms with Crippen LogP contribution in [0.1, 0.15) is 11.1 Å². The number of hydrogen-bond donors (Lipinski definition) is 1. The zero-order valence-electron chi connectivity index (χ0n) is 17.3. The van der Waals surface area contributed by atoms with Gasteiger partial charge in [0, 0.05) is 13.5 Å².